The first-order chi connectivity index (χ1) is 7.34. The van der Waals surface area contributed by atoms with E-state index in [1.54, 1.807) is 0 Å². The molecule has 0 bridgehead atoms. The van der Waals surface area contributed by atoms with Crippen LogP contribution >= 0.6 is 0 Å². The maximum atomic E-state index is 13.0. The van der Waals surface area contributed by atoms with Crippen LogP contribution in [0.5, 0.6) is 0 Å². The number of hydrogen-bond acceptors (Lipinski definition) is 1. The van der Waals surface area contributed by atoms with Crippen molar-refractivity contribution in [1.82, 2.24) is 0 Å². The van der Waals surface area contributed by atoms with Crippen LogP contribution in [0.1, 0.15) is 36.9 Å². The van der Waals surface area contributed by atoms with Gasteiger partial charge >= 0.3 is 6.18 Å². The van der Waals surface area contributed by atoms with Gasteiger partial charge in [-0.25, -0.2) is 4.39 Å². The van der Waals surface area contributed by atoms with Crippen molar-refractivity contribution >= 4 is 0 Å². The Morgan fingerprint density at radius 1 is 1.25 bits per heavy atom. The fraction of sp³-hybridized carbons (Fsp3) is 0.455. The molecular weight excluding hydrogens is 222 g/mol. The van der Waals surface area contributed by atoms with Crippen molar-refractivity contribution in [2.45, 2.75) is 32.0 Å². The largest absolute Gasteiger partial charge is 0.416 e. The van der Waals surface area contributed by atoms with E-state index in [2.05, 4.69) is 0 Å². The number of alkyl halides is 3. The molecule has 0 aliphatic heterocycles. The molecule has 2 N–H and O–H groups in total. The molecule has 0 heterocycles. The monoisotopic (exact) mass is 235 g/mol. The molecule has 1 atom stereocenters. The first kappa shape index (κ1) is 13.0. The highest BCUT2D eigenvalue weighted by Gasteiger charge is 2.31. The van der Waals surface area contributed by atoms with Gasteiger partial charge in [-0.3, -0.25) is 0 Å². The van der Waals surface area contributed by atoms with Gasteiger partial charge in [0.05, 0.1) is 5.56 Å². The maximum absolute atomic E-state index is 13.0. The zero-order chi connectivity index (χ0) is 12.3. The zero-order valence-electron chi connectivity index (χ0n) is 8.81. The maximum Gasteiger partial charge on any atom is 0.416 e. The average molecular weight is 235 g/mol. The Morgan fingerprint density at radius 2 is 1.88 bits per heavy atom. The Kier molecular flexibility index (Phi) is 3.91. The van der Waals surface area contributed by atoms with Gasteiger partial charge in [0.25, 0.3) is 0 Å². The first-order valence-electron chi connectivity index (χ1n) is 4.98. The molecule has 0 aliphatic carbocycles. The molecular formula is C11H13F4N. The molecule has 1 nitrogen and oxygen atoms in total. The third kappa shape index (κ3) is 3.20. The molecule has 0 unspecified atom stereocenters. The number of benzene rings is 1. The lowest BCUT2D eigenvalue weighted by atomic mass is 10.0. The molecule has 0 radical (unpaired) electrons. The quantitative estimate of drug-likeness (QED) is 0.795. The molecule has 1 rings (SSSR count). The van der Waals surface area contributed by atoms with Crippen LogP contribution in [0.4, 0.5) is 17.6 Å². The van der Waals surface area contributed by atoms with E-state index in [0.29, 0.717) is 12.5 Å². The molecule has 0 amide bonds. The molecule has 5 heteroatoms. The molecule has 0 saturated heterocycles. The average Bonchev–Trinajstić information content (AvgIpc) is 2.16. The summed E-state index contributed by atoms with van der Waals surface area (Å²) in [6.45, 7) is 1.86. The van der Waals surface area contributed by atoms with Gasteiger partial charge < -0.3 is 5.73 Å². The molecule has 16 heavy (non-hydrogen) atoms. The SMILES string of the molecule is CCC[C@@H](N)c1cc(F)cc(C(F)(F)F)c1. The zero-order valence-corrected chi connectivity index (χ0v) is 8.81. The van der Waals surface area contributed by atoms with E-state index in [-0.39, 0.29) is 5.56 Å². The van der Waals surface area contributed by atoms with Crippen molar-refractivity contribution in [1.29, 1.82) is 0 Å². The van der Waals surface area contributed by atoms with Crippen molar-refractivity contribution in [3.8, 4) is 0 Å². The third-order valence-electron chi connectivity index (χ3n) is 2.28. The van der Waals surface area contributed by atoms with Gasteiger partial charge in [-0.2, -0.15) is 13.2 Å². The van der Waals surface area contributed by atoms with Gasteiger partial charge in [0.2, 0.25) is 0 Å². The third-order valence-corrected chi connectivity index (χ3v) is 2.28. The lowest BCUT2D eigenvalue weighted by Gasteiger charge is -2.14. The molecule has 90 valence electrons. The van der Waals surface area contributed by atoms with Crippen molar-refractivity contribution in [2.75, 3.05) is 0 Å². The molecule has 0 fully saturated rings. The van der Waals surface area contributed by atoms with E-state index >= 15 is 0 Å². The fourth-order valence-electron chi connectivity index (χ4n) is 1.47. The van der Waals surface area contributed by atoms with Crippen LogP contribution in [0.15, 0.2) is 18.2 Å². The summed E-state index contributed by atoms with van der Waals surface area (Å²) < 4.78 is 50.2. The standard InChI is InChI=1S/C11H13F4N/c1-2-3-10(16)7-4-8(11(13,14)15)6-9(12)5-7/h4-6,10H,2-3,16H2,1H3/t10-/m1/s1. The van der Waals surface area contributed by atoms with Gasteiger partial charge in [-0.1, -0.05) is 13.3 Å². The molecule has 0 spiro atoms. The molecule has 0 saturated carbocycles. The minimum atomic E-state index is -4.54. The van der Waals surface area contributed by atoms with E-state index in [4.69, 9.17) is 5.73 Å². The Bertz CT molecular complexity index is 359. The molecule has 0 aliphatic rings. The molecule has 1 aromatic carbocycles. The highest BCUT2D eigenvalue weighted by Crippen LogP contribution is 2.31. The second-order valence-corrected chi connectivity index (χ2v) is 3.67. The van der Waals surface area contributed by atoms with Crippen LogP contribution in [0, 0.1) is 5.82 Å². The summed E-state index contributed by atoms with van der Waals surface area (Å²) >= 11 is 0. The second kappa shape index (κ2) is 4.82. The minimum Gasteiger partial charge on any atom is -0.324 e. The lowest BCUT2D eigenvalue weighted by Crippen LogP contribution is -2.13. The van der Waals surface area contributed by atoms with Crippen LogP contribution < -0.4 is 5.73 Å². The Hall–Kier alpha value is -1.10. The first-order valence-corrected chi connectivity index (χ1v) is 4.98. The van der Waals surface area contributed by atoms with E-state index in [1.807, 2.05) is 6.92 Å². The van der Waals surface area contributed by atoms with Crippen LogP contribution in [-0.2, 0) is 6.18 Å². The molecule has 1 aromatic rings. The number of halogens is 4. The molecule has 0 aromatic heterocycles. The summed E-state index contributed by atoms with van der Waals surface area (Å²) in [7, 11) is 0. The van der Waals surface area contributed by atoms with Crippen molar-refractivity contribution in [2.24, 2.45) is 5.73 Å². The topological polar surface area (TPSA) is 26.0 Å². The number of hydrogen-bond donors (Lipinski definition) is 1. The van der Waals surface area contributed by atoms with Crippen molar-refractivity contribution in [3.05, 3.63) is 35.1 Å². The Balaban J connectivity index is 3.08. The Morgan fingerprint density at radius 3 is 2.38 bits per heavy atom. The van der Waals surface area contributed by atoms with Crippen molar-refractivity contribution in [3.63, 3.8) is 0 Å². The van der Waals surface area contributed by atoms with Crippen LogP contribution in [0.3, 0.4) is 0 Å². The summed E-state index contributed by atoms with van der Waals surface area (Å²) in [5.74, 6) is -0.906. The predicted octanol–water partition coefficient (Wildman–Crippen LogP) is 3.64. The summed E-state index contributed by atoms with van der Waals surface area (Å²) in [6, 6.07) is 1.88. The van der Waals surface area contributed by atoms with E-state index in [9.17, 15) is 17.6 Å². The second-order valence-electron chi connectivity index (χ2n) is 3.67. The predicted molar refractivity (Wildman–Crippen MR) is 53.2 cm³/mol. The van der Waals surface area contributed by atoms with Crippen LogP contribution in [-0.4, -0.2) is 0 Å². The van der Waals surface area contributed by atoms with Crippen LogP contribution in [0.2, 0.25) is 0 Å². The van der Waals surface area contributed by atoms with Gasteiger partial charge in [0.1, 0.15) is 5.82 Å². The van der Waals surface area contributed by atoms with E-state index < -0.39 is 23.6 Å². The van der Waals surface area contributed by atoms with Gasteiger partial charge in [0.15, 0.2) is 0 Å². The minimum absolute atomic E-state index is 0.189. The summed E-state index contributed by atoms with van der Waals surface area (Å²) in [6.07, 6.45) is -3.28. The summed E-state index contributed by atoms with van der Waals surface area (Å²) in [5.41, 5.74) is 4.85. The highest BCUT2D eigenvalue weighted by atomic mass is 19.4. The normalized spacial score (nSPS) is 13.9. The van der Waals surface area contributed by atoms with E-state index in [1.165, 1.54) is 0 Å². The van der Waals surface area contributed by atoms with Gasteiger partial charge in [-0.15, -0.1) is 0 Å². The smallest absolute Gasteiger partial charge is 0.324 e. The number of rotatable bonds is 3. The Labute approximate surface area is 91.3 Å². The van der Waals surface area contributed by atoms with Crippen molar-refractivity contribution < 1.29 is 17.6 Å². The van der Waals surface area contributed by atoms with Crippen LogP contribution in [0.25, 0.3) is 0 Å². The fourth-order valence-corrected chi connectivity index (χ4v) is 1.47. The van der Waals surface area contributed by atoms with Gasteiger partial charge in [0, 0.05) is 6.04 Å². The van der Waals surface area contributed by atoms with Gasteiger partial charge in [-0.05, 0) is 30.2 Å². The number of nitrogens with two attached hydrogens (primary N) is 1. The highest BCUT2D eigenvalue weighted by molar-refractivity contribution is 5.28. The summed E-state index contributed by atoms with van der Waals surface area (Å²) in [4.78, 5) is 0. The van der Waals surface area contributed by atoms with E-state index in [0.717, 1.165) is 18.6 Å². The lowest BCUT2D eigenvalue weighted by molar-refractivity contribution is -0.137. The summed E-state index contributed by atoms with van der Waals surface area (Å²) in [5, 5.41) is 0.